The minimum atomic E-state index is 0.569. The van der Waals surface area contributed by atoms with Crippen LogP contribution >= 0.6 is 11.8 Å². The maximum absolute atomic E-state index is 4.57. The van der Waals surface area contributed by atoms with Gasteiger partial charge in [-0.2, -0.15) is 11.8 Å². The Morgan fingerprint density at radius 2 is 2.22 bits per heavy atom. The molecule has 1 aromatic heterocycles. The number of benzene rings is 1. The number of aromatic amines is 1. The summed E-state index contributed by atoms with van der Waals surface area (Å²) in [5.74, 6) is 3.44. The number of hydrogen-bond acceptors (Lipinski definition) is 3. The highest BCUT2D eigenvalue weighted by molar-refractivity contribution is 7.99. The Morgan fingerprint density at radius 1 is 1.39 bits per heavy atom. The number of thioether (sulfide) groups is 1. The molecule has 0 fully saturated rings. The predicted molar refractivity (Wildman–Crippen MR) is 80.3 cm³/mol. The molecule has 18 heavy (non-hydrogen) atoms. The molecule has 0 spiro atoms. The summed E-state index contributed by atoms with van der Waals surface area (Å²) in [6, 6.07) is 8.74. The molecule has 0 aliphatic carbocycles. The van der Waals surface area contributed by atoms with Gasteiger partial charge < -0.3 is 10.3 Å². The summed E-state index contributed by atoms with van der Waals surface area (Å²) in [5.41, 5.74) is 2.18. The number of nitrogens with one attached hydrogen (secondary N) is 2. The van der Waals surface area contributed by atoms with Crippen LogP contribution < -0.4 is 5.32 Å². The van der Waals surface area contributed by atoms with Crippen molar-refractivity contribution in [2.45, 2.75) is 26.3 Å². The van der Waals surface area contributed by atoms with Gasteiger partial charge in [0.05, 0.1) is 11.0 Å². The van der Waals surface area contributed by atoms with E-state index in [1.54, 1.807) is 0 Å². The molecule has 4 heteroatoms. The first-order valence-corrected chi connectivity index (χ1v) is 7.70. The molecule has 0 radical (unpaired) electrons. The van der Waals surface area contributed by atoms with E-state index >= 15 is 0 Å². The SMILES string of the molecule is CCSCC(C)NCCc1nc2ccccc2[nH]1. The molecule has 1 atom stereocenters. The first-order chi connectivity index (χ1) is 8.79. The number of nitrogens with zero attached hydrogens (tertiary/aromatic N) is 1. The summed E-state index contributed by atoms with van der Waals surface area (Å²) in [5, 5.41) is 3.53. The lowest BCUT2D eigenvalue weighted by Crippen LogP contribution is -2.30. The molecule has 0 saturated heterocycles. The number of rotatable bonds is 7. The van der Waals surface area contributed by atoms with Gasteiger partial charge in [0.1, 0.15) is 5.82 Å². The fourth-order valence-electron chi connectivity index (χ4n) is 1.91. The fraction of sp³-hybridized carbons (Fsp3) is 0.500. The summed E-state index contributed by atoms with van der Waals surface area (Å²) in [7, 11) is 0. The van der Waals surface area contributed by atoms with Crippen LogP contribution in [-0.2, 0) is 6.42 Å². The van der Waals surface area contributed by atoms with Crippen molar-refractivity contribution in [1.29, 1.82) is 0 Å². The lowest BCUT2D eigenvalue weighted by molar-refractivity contribution is 0.591. The molecule has 0 aliphatic heterocycles. The van der Waals surface area contributed by atoms with Crippen LogP contribution in [0.2, 0.25) is 0 Å². The Bertz CT molecular complexity index is 448. The van der Waals surface area contributed by atoms with Crippen molar-refractivity contribution >= 4 is 22.8 Å². The van der Waals surface area contributed by atoms with Gasteiger partial charge >= 0.3 is 0 Å². The molecule has 98 valence electrons. The summed E-state index contributed by atoms with van der Waals surface area (Å²) in [6.45, 7) is 5.42. The molecule has 0 aliphatic rings. The van der Waals surface area contributed by atoms with Gasteiger partial charge in [0.25, 0.3) is 0 Å². The monoisotopic (exact) mass is 263 g/mol. The maximum atomic E-state index is 4.57. The van der Waals surface area contributed by atoms with Crippen molar-refractivity contribution < 1.29 is 0 Å². The average Bonchev–Trinajstić information content (AvgIpc) is 2.79. The number of hydrogen-bond donors (Lipinski definition) is 2. The van der Waals surface area contributed by atoms with E-state index in [9.17, 15) is 0 Å². The van der Waals surface area contributed by atoms with Crippen LogP contribution in [0, 0.1) is 0 Å². The highest BCUT2D eigenvalue weighted by Gasteiger charge is 2.03. The van der Waals surface area contributed by atoms with Crippen molar-refractivity contribution in [2.24, 2.45) is 0 Å². The van der Waals surface area contributed by atoms with Crippen LogP contribution in [0.1, 0.15) is 19.7 Å². The van der Waals surface area contributed by atoms with E-state index in [1.807, 2.05) is 30.0 Å². The molecule has 0 amide bonds. The van der Waals surface area contributed by atoms with Gasteiger partial charge in [-0.1, -0.05) is 19.1 Å². The van der Waals surface area contributed by atoms with Crippen LogP contribution in [0.4, 0.5) is 0 Å². The minimum absolute atomic E-state index is 0.569. The number of H-pyrrole nitrogens is 1. The molecular weight excluding hydrogens is 242 g/mol. The Balaban J connectivity index is 1.79. The Morgan fingerprint density at radius 3 is 3.00 bits per heavy atom. The smallest absolute Gasteiger partial charge is 0.108 e. The molecule has 0 bridgehead atoms. The number of imidazole rings is 1. The van der Waals surface area contributed by atoms with Crippen molar-refractivity contribution in [2.75, 3.05) is 18.1 Å². The van der Waals surface area contributed by atoms with Gasteiger partial charge in [-0.15, -0.1) is 0 Å². The van der Waals surface area contributed by atoms with E-state index in [0.29, 0.717) is 6.04 Å². The topological polar surface area (TPSA) is 40.7 Å². The Labute approximate surface area is 113 Å². The van der Waals surface area contributed by atoms with Gasteiger partial charge in [-0.25, -0.2) is 4.98 Å². The van der Waals surface area contributed by atoms with Crippen molar-refractivity contribution in [3.8, 4) is 0 Å². The zero-order valence-electron chi connectivity index (χ0n) is 11.1. The van der Waals surface area contributed by atoms with Gasteiger partial charge in [0.15, 0.2) is 0 Å². The van der Waals surface area contributed by atoms with E-state index in [-0.39, 0.29) is 0 Å². The molecule has 2 rings (SSSR count). The van der Waals surface area contributed by atoms with Crippen LogP contribution in [0.3, 0.4) is 0 Å². The second kappa shape index (κ2) is 6.81. The third-order valence-electron chi connectivity index (χ3n) is 2.86. The molecule has 2 N–H and O–H groups in total. The quantitative estimate of drug-likeness (QED) is 0.807. The van der Waals surface area contributed by atoms with Crippen molar-refractivity contribution in [1.82, 2.24) is 15.3 Å². The predicted octanol–water partition coefficient (Wildman–Crippen LogP) is 2.84. The highest BCUT2D eigenvalue weighted by Crippen LogP contribution is 2.10. The zero-order chi connectivity index (χ0) is 12.8. The van der Waals surface area contributed by atoms with Crippen LogP contribution in [0.15, 0.2) is 24.3 Å². The van der Waals surface area contributed by atoms with Crippen molar-refractivity contribution in [3.63, 3.8) is 0 Å². The first kappa shape index (κ1) is 13.4. The highest BCUT2D eigenvalue weighted by atomic mass is 32.2. The van der Waals surface area contributed by atoms with E-state index in [0.717, 1.165) is 29.8 Å². The van der Waals surface area contributed by atoms with Gasteiger partial charge in [-0.05, 0) is 24.8 Å². The second-order valence-electron chi connectivity index (χ2n) is 4.47. The lowest BCUT2D eigenvalue weighted by atomic mass is 10.3. The number of aromatic nitrogens is 2. The normalized spacial score (nSPS) is 13.0. The summed E-state index contributed by atoms with van der Waals surface area (Å²) in [6.07, 6.45) is 0.954. The van der Waals surface area contributed by atoms with Crippen LogP contribution in [0.5, 0.6) is 0 Å². The molecule has 0 saturated carbocycles. The van der Waals surface area contributed by atoms with E-state index in [2.05, 4.69) is 35.2 Å². The molecule has 2 aromatic rings. The number of fused-ring (bicyclic) bond motifs is 1. The minimum Gasteiger partial charge on any atom is -0.342 e. The number of para-hydroxylation sites is 2. The fourth-order valence-corrected chi connectivity index (χ4v) is 2.62. The largest absolute Gasteiger partial charge is 0.342 e. The lowest BCUT2D eigenvalue weighted by Gasteiger charge is -2.11. The average molecular weight is 263 g/mol. The molecule has 1 aromatic carbocycles. The van der Waals surface area contributed by atoms with E-state index in [4.69, 9.17) is 0 Å². The van der Waals surface area contributed by atoms with Gasteiger partial charge in [-0.3, -0.25) is 0 Å². The first-order valence-electron chi connectivity index (χ1n) is 6.54. The van der Waals surface area contributed by atoms with Gasteiger partial charge in [0, 0.05) is 24.8 Å². The summed E-state index contributed by atoms with van der Waals surface area (Å²) in [4.78, 5) is 7.93. The molecule has 1 heterocycles. The third-order valence-corrected chi connectivity index (χ3v) is 4.01. The third kappa shape index (κ3) is 3.75. The molecule has 1 unspecified atom stereocenters. The summed E-state index contributed by atoms with van der Waals surface area (Å²) >= 11 is 1.98. The van der Waals surface area contributed by atoms with Gasteiger partial charge in [0.2, 0.25) is 0 Å². The standard InChI is InChI=1S/C14H21N3S/c1-3-18-10-11(2)15-9-8-14-16-12-6-4-5-7-13(12)17-14/h4-7,11,15H,3,8-10H2,1-2H3,(H,16,17). The zero-order valence-corrected chi connectivity index (χ0v) is 11.9. The van der Waals surface area contributed by atoms with E-state index in [1.165, 1.54) is 11.5 Å². The van der Waals surface area contributed by atoms with Crippen LogP contribution in [-0.4, -0.2) is 34.1 Å². The maximum Gasteiger partial charge on any atom is 0.108 e. The second-order valence-corrected chi connectivity index (χ2v) is 5.78. The van der Waals surface area contributed by atoms with E-state index < -0.39 is 0 Å². The molecular formula is C14H21N3S. The van der Waals surface area contributed by atoms with Crippen LogP contribution in [0.25, 0.3) is 11.0 Å². The van der Waals surface area contributed by atoms with Crippen molar-refractivity contribution in [3.05, 3.63) is 30.1 Å². The Kier molecular flexibility index (Phi) is 5.08. The molecule has 3 nitrogen and oxygen atoms in total. The summed E-state index contributed by atoms with van der Waals surface area (Å²) < 4.78 is 0. The Hall–Kier alpha value is -1.00.